The molecule has 10 heteroatoms. The molecule has 2 heterocycles. The monoisotopic (exact) mass is 436 g/mol. The fourth-order valence-electron chi connectivity index (χ4n) is 4.00. The molecule has 2 aromatic carbocycles. The average Bonchev–Trinajstić information content (AvgIpc) is 3.03. The summed E-state index contributed by atoms with van der Waals surface area (Å²) < 4.78 is 0. The van der Waals surface area contributed by atoms with Crippen molar-refractivity contribution in [1.82, 2.24) is 15.5 Å². The van der Waals surface area contributed by atoms with Crippen molar-refractivity contribution in [2.45, 2.75) is 32.0 Å². The number of rotatable bonds is 5. The zero-order valence-electron chi connectivity index (χ0n) is 16.9. The maximum atomic E-state index is 13.1. The molecule has 2 aliphatic rings. The Balaban J connectivity index is 1.58. The summed E-state index contributed by atoms with van der Waals surface area (Å²) in [6.07, 6.45) is 0.0850. The fourth-order valence-corrected chi connectivity index (χ4v) is 4.00. The number of nitrogens with zero attached hydrogens (tertiary/aromatic N) is 1. The molecule has 0 aliphatic carbocycles. The number of aromatic hydroxyl groups is 1. The second kappa shape index (κ2) is 8.23. The van der Waals surface area contributed by atoms with Crippen molar-refractivity contribution in [3.05, 3.63) is 64.2 Å². The van der Waals surface area contributed by atoms with E-state index >= 15 is 0 Å². The lowest BCUT2D eigenvalue weighted by Crippen LogP contribution is -2.54. The molecule has 10 nitrogen and oxygen atoms in total. The zero-order chi connectivity index (χ0) is 23.0. The van der Waals surface area contributed by atoms with Crippen molar-refractivity contribution in [1.29, 1.82) is 0 Å². The number of benzene rings is 2. The summed E-state index contributed by atoms with van der Waals surface area (Å²) in [7, 11) is 0. The minimum absolute atomic E-state index is 0.0279. The van der Waals surface area contributed by atoms with E-state index in [-0.39, 0.29) is 48.4 Å². The summed E-state index contributed by atoms with van der Waals surface area (Å²) in [5.74, 6) is -3.01. The van der Waals surface area contributed by atoms with Crippen LogP contribution in [0.1, 0.15) is 55.0 Å². The Labute approximate surface area is 182 Å². The van der Waals surface area contributed by atoms with Gasteiger partial charge in [0.05, 0.1) is 11.1 Å². The highest BCUT2D eigenvalue weighted by molar-refractivity contribution is 6.24. The van der Waals surface area contributed by atoms with Crippen LogP contribution in [0.5, 0.6) is 5.75 Å². The molecule has 0 spiro atoms. The fraction of sp³-hybridized carbons (Fsp3) is 0.227. The largest absolute Gasteiger partial charge is 0.508 e. The number of carbonyl (C=O) groups excluding carboxylic acids is 5. The third kappa shape index (κ3) is 3.50. The van der Waals surface area contributed by atoms with Gasteiger partial charge in [0.1, 0.15) is 11.8 Å². The van der Waals surface area contributed by atoms with Crippen LogP contribution in [-0.2, 0) is 22.7 Å². The van der Waals surface area contributed by atoms with Crippen LogP contribution in [0.15, 0.2) is 36.4 Å². The lowest BCUT2D eigenvalue weighted by Gasteiger charge is -2.27. The number of piperidine rings is 1. The molecular formula is C22H20N4O6. The predicted molar refractivity (Wildman–Crippen MR) is 110 cm³/mol. The van der Waals surface area contributed by atoms with E-state index in [4.69, 9.17) is 5.73 Å². The molecule has 2 aromatic rings. The Morgan fingerprint density at radius 3 is 2.59 bits per heavy atom. The van der Waals surface area contributed by atoms with Gasteiger partial charge in [-0.25, -0.2) is 0 Å². The topological polar surface area (TPSA) is 159 Å². The van der Waals surface area contributed by atoms with Crippen molar-refractivity contribution in [2.24, 2.45) is 5.73 Å². The first-order valence-electron chi connectivity index (χ1n) is 9.96. The van der Waals surface area contributed by atoms with Gasteiger partial charge in [0, 0.05) is 30.6 Å². The van der Waals surface area contributed by atoms with E-state index in [1.54, 1.807) is 12.1 Å². The van der Waals surface area contributed by atoms with E-state index in [9.17, 15) is 29.1 Å². The Hall–Kier alpha value is -4.05. The van der Waals surface area contributed by atoms with Crippen molar-refractivity contribution in [3.8, 4) is 5.75 Å². The smallest absolute Gasteiger partial charge is 0.262 e. The van der Waals surface area contributed by atoms with Crippen LogP contribution in [0.3, 0.4) is 0 Å². The molecule has 0 aromatic heterocycles. The van der Waals surface area contributed by atoms with E-state index in [1.165, 1.54) is 24.3 Å². The van der Waals surface area contributed by atoms with Gasteiger partial charge in [-0.2, -0.15) is 0 Å². The number of amides is 5. The van der Waals surface area contributed by atoms with Crippen molar-refractivity contribution >= 4 is 29.5 Å². The summed E-state index contributed by atoms with van der Waals surface area (Å²) in [4.78, 5) is 63.1. The molecule has 1 fully saturated rings. The number of nitrogens with two attached hydrogens (primary N) is 1. The van der Waals surface area contributed by atoms with Crippen LogP contribution in [0.25, 0.3) is 0 Å². The highest BCUT2D eigenvalue weighted by Crippen LogP contribution is 2.30. The summed E-state index contributed by atoms with van der Waals surface area (Å²) >= 11 is 0. The Bertz CT molecular complexity index is 1180. The molecule has 0 saturated carbocycles. The minimum atomic E-state index is -1.07. The van der Waals surface area contributed by atoms with E-state index in [0.29, 0.717) is 11.1 Å². The quantitative estimate of drug-likeness (QED) is 0.487. The zero-order valence-corrected chi connectivity index (χ0v) is 16.9. The summed E-state index contributed by atoms with van der Waals surface area (Å²) in [6.45, 7) is -0.103. The van der Waals surface area contributed by atoms with Gasteiger partial charge < -0.3 is 16.2 Å². The molecule has 32 heavy (non-hydrogen) atoms. The molecular weight excluding hydrogens is 416 g/mol. The van der Waals surface area contributed by atoms with Crippen LogP contribution in [0, 0.1) is 0 Å². The molecule has 5 amide bonds. The van der Waals surface area contributed by atoms with Crippen LogP contribution in [0.4, 0.5) is 0 Å². The molecule has 2 aliphatic heterocycles. The van der Waals surface area contributed by atoms with Crippen LogP contribution >= 0.6 is 0 Å². The Morgan fingerprint density at radius 2 is 1.88 bits per heavy atom. The van der Waals surface area contributed by atoms with Gasteiger partial charge in [0.25, 0.3) is 17.7 Å². The van der Waals surface area contributed by atoms with Gasteiger partial charge >= 0.3 is 0 Å². The number of phenols is 1. The Morgan fingerprint density at radius 1 is 1.12 bits per heavy atom. The number of fused-ring (bicyclic) bond motifs is 1. The maximum Gasteiger partial charge on any atom is 0.262 e. The van der Waals surface area contributed by atoms with Gasteiger partial charge in [-0.15, -0.1) is 0 Å². The van der Waals surface area contributed by atoms with Crippen molar-refractivity contribution in [2.75, 3.05) is 0 Å². The van der Waals surface area contributed by atoms with Gasteiger partial charge in [-0.3, -0.25) is 34.2 Å². The molecule has 1 saturated heterocycles. The molecule has 4 rings (SSSR count). The SMILES string of the molecule is NCc1c(O)cccc1C(=O)NCc1cccc2c1C(=O)N(C1CCC(=O)NC1=O)C2=O. The van der Waals surface area contributed by atoms with Crippen LogP contribution in [0.2, 0.25) is 0 Å². The molecule has 1 atom stereocenters. The third-order valence-corrected chi connectivity index (χ3v) is 5.59. The second-order valence-electron chi connectivity index (χ2n) is 7.48. The highest BCUT2D eigenvalue weighted by atomic mass is 16.3. The van der Waals surface area contributed by atoms with Gasteiger partial charge in [0.2, 0.25) is 11.8 Å². The average molecular weight is 436 g/mol. The number of hydrogen-bond donors (Lipinski definition) is 4. The molecule has 164 valence electrons. The summed E-state index contributed by atoms with van der Waals surface area (Å²) in [5.41, 5.74) is 6.76. The highest BCUT2D eigenvalue weighted by Gasteiger charge is 2.45. The molecule has 0 bridgehead atoms. The minimum Gasteiger partial charge on any atom is -0.508 e. The number of carbonyl (C=O) groups is 5. The third-order valence-electron chi connectivity index (χ3n) is 5.59. The predicted octanol–water partition coefficient (Wildman–Crippen LogP) is 0.182. The second-order valence-corrected chi connectivity index (χ2v) is 7.48. The van der Waals surface area contributed by atoms with E-state index in [2.05, 4.69) is 10.6 Å². The molecule has 0 radical (unpaired) electrons. The van der Waals surface area contributed by atoms with Crippen LogP contribution < -0.4 is 16.4 Å². The lowest BCUT2D eigenvalue weighted by atomic mass is 10.0. The van der Waals surface area contributed by atoms with Gasteiger partial charge in [-0.1, -0.05) is 18.2 Å². The van der Waals surface area contributed by atoms with E-state index < -0.39 is 35.6 Å². The first-order valence-corrected chi connectivity index (χ1v) is 9.96. The number of hydrogen-bond acceptors (Lipinski definition) is 7. The Kier molecular flexibility index (Phi) is 5.45. The molecule has 5 N–H and O–H groups in total. The standard InChI is InChI=1S/C22H20N4O6/c23-9-14-12(4-2-6-16(14)27)19(29)24-10-11-3-1-5-13-18(11)22(32)26(21(13)31)15-7-8-17(28)25-20(15)30/h1-6,15,27H,7-10,23H2,(H,24,29)(H,25,28,30). The van der Waals surface area contributed by atoms with Gasteiger partial charge in [-0.05, 0) is 30.2 Å². The summed E-state index contributed by atoms with van der Waals surface area (Å²) in [6, 6.07) is 8.06. The normalized spacial score (nSPS) is 17.9. The van der Waals surface area contributed by atoms with Crippen molar-refractivity contribution in [3.63, 3.8) is 0 Å². The lowest BCUT2D eigenvalue weighted by molar-refractivity contribution is -0.136. The maximum absolute atomic E-state index is 13.1. The first-order chi connectivity index (χ1) is 15.3. The van der Waals surface area contributed by atoms with E-state index in [0.717, 1.165) is 4.90 Å². The number of nitrogens with one attached hydrogen (secondary N) is 2. The van der Waals surface area contributed by atoms with Gasteiger partial charge in [0.15, 0.2) is 0 Å². The van der Waals surface area contributed by atoms with Crippen LogP contribution in [-0.4, -0.2) is 45.6 Å². The number of imide groups is 2. The number of phenolic OH excluding ortho intramolecular Hbond substituents is 1. The summed E-state index contributed by atoms with van der Waals surface area (Å²) in [5, 5.41) is 14.7. The van der Waals surface area contributed by atoms with E-state index in [1.807, 2.05) is 0 Å². The molecule has 1 unspecified atom stereocenters. The first kappa shape index (κ1) is 21.2. The van der Waals surface area contributed by atoms with Crippen molar-refractivity contribution < 1.29 is 29.1 Å².